The van der Waals surface area contributed by atoms with Crippen LogP contribution < -0.4 is 0 Å². The largest absolute Gasteiger partial charge is 0.432 e. The first-order valence-electron chi connectivity index (χ1n) is 11.3. The third-order valence-electron chi connectivity index (χ3n) is 4.13. The van der Waals surface area contributed by atoms with Gasteiger partial charge >= 0.3 is 17.9 Å². The summed E-state index contributed by atoms with van der Waals surface area (Å²) < 4.78 is 31.9. The van der Waals surface area contributed by atoms with Crippen LogP contribution in [0.3, 0.4) is 0 Å². The van der Waals surface area contributed by atoms with Gasteiger partial charge in [-0.25, -0.2) is 14.4 Å². The summed E-state index contributed by atoms with van der Waals surface area (Å²) >= 11 is 0. The third kappa shape index (κ3) is 10.8. The molecule has 0 saturated carbocycles. The van der Waals surface area contributed by atoms with Crippen molar-refractivity contribution in [1.82, 2.24) is 0 Å². The van der Waals surface area contributed by atoms with Gasteiger partial charge in [0.15, 0.2) is 18.9 Å². The molecule has 0 spiro atoms. The van der Waals surface area contributed by atoms with Crippen LogP contribution in [-0.2, 0) is 28.4 Å². The number of ether oxygens (including phenoxy) is 6. The number of benzene rings is 1. The topological polar surface area (TPSA) is 107 Å². The van der Waals surface area contributed by atoms with Crippen LogP contribution in [-0.4, -0.2) is 56.6 Å². The molecule has 1 aromatic rings. The molecule has 186 valence electrons. The van der Waals surface area contributed by atoms with E-state index in [1.54, 1.807) is 20.8 Å². The Labute approximate surface area is 195 Å². The van der Waals surface area contributed by atoms with Crippen molar-refractivity contribution in [2.24, 2.45) is 0 Å². The lowest BCUT2D eigenvalue weighted by Crippen LogP contribution is -2.22. The quantitative estimate of drug-likeness (QED) is 0.209. The minimum Gasteiger partial charge on any atom is -0.432 e. The predicted octanol–water partition coefficient (Wildman–Crippen LogP) is 4.47. The molecule has 3 atom stereocenters. The highest BCUT2D eigenvalue weighted by molar-refractivity contribution is 6.00. The molecule has 0 heterocycles. The van der Waals surface area contributed by atoms with Crippen molar-refractivity contribution in [3.8, 4) is 0 Å². The molecule has 9 nitrogen and oxygen atoms in total. The second kappa shape index (κ2) is 15.4. The van der Waals surface area contributed by atoms with Crippen LogP contribution in [0.5, 0.6) is 0 Å². The van der Waals surface area contributed by atoms with E-state index in [2.05, 4.69) is 0 Å². The standard InChI is InChI=1S/C24H36O9/c1-7-10-28-16(4)31-22(25)19-13-20(23(26)32-17(5)29-11-8-2)15-21(14-19)24(27)33-18(6)30-12-9-3/h13-18H,7-12H2,1-6H3. The molecule has 0 aliphatic carbocycles. The Morgan fingerprint density at radius 2 is 0.818 bits per heavy atom. The molecule has 0 aliphatic rings. The van der Waals surface area contributed by atoms with E-state index in [4.69, 9.17) is 28.4 Å². The number of rotatable bonds is 15. The molecule has 3 unspecified atom stereocenters. The van der Waals surface area contributed by atoms with Crippen LogP contribution in [0.1, 0.15) is 91.9 Å². The number of esters is 3. The lowest BCUT2D eigenvalue weighted by molar-refractivity contribution is -0.0979. The SMILES string of the molecule is CCCOC(C)OC(=O)c1cc(C(=O)OC(C)OCCC)cc(C(=O)OC(C)OCCC)c1. The summed E-state index contributed by atoms with van der Waals surface area (Å²) in [7, 11) is 0. The fraction of sp³-hybridized carbons (Fsp3) is 0.625. The molecule has 0 saturated heterocycles. The molecule has 0 aliphatic heterocycles. The first kappa shape index (κ1) is 28.5. The van der Waals surface area contributed by atoms with Crippen molar-refractivity contribution in [1.29, 1.82) is 0 Å². The average molecular weight is 469 g/mol. The number of hydrogen-bond donors (Lipinski definition) is 0. The highest BCUT2D eigenvalue weighted by Crippen LogP contribution is 2.17. The first-order chi connectivity index (χ1) is 15.7. The van der Waals surface area contributed by atoms with Crippen molar-refractivity contribution in [3.63, 3.8) is 0 Å². The van der Waals surface area contributed by atoms with Crippen LogP contribution in [0, 0.1) is 0 Å². The van der Waals surface area contributed by atoms with E-state index in [9.17, 15) is 14.4 Å². The highest BCUT2D eigenvalue weighted by Gasteiger charge is 2.22. The summed E-state index contributed by atoms with van der Waals surface area (Å²) in [5, 5.41) is 0. The van der Waals surface area contributed by atoms with Crippen molar-refractivity contribution in [3.05, 3.63) is 34.9 Å². The van der Waals surface area contributed by atoms with Gasteiger partial charge in [0.1, 0.15) is 0 Å². The second-order valence-electron chi connectivity index (χ2n) is 7.33. The van der Waals surface area contributed by atoms with Crippen LogP contribution in [0.4, 0.5) is 0 Å². The highest BCUT2D eigenvalue weighted by atomic mass is 16.7. The zero-order chi connectivity index (χ0) is 24.8. The molecular formula is C24H36O9. The lowest BCUT2D eigenvalue weighted by atomic mass is 10.1. The average Bonchev–Trinajstić information content (AvgIpc) is 2.79. The summed E-state index contributed by atoms with van der Waals surface area (Å²) in [5.41, 5.74) is -0.0622. The maximum atomic E-state index is 12.6. The smallest absolute Gasteiger partial charge is 0.340 e. The second-order valence-corrected chi connectivity index (χ2v) is 7.33. The van der Waals surface area contributed by atoms with Crippen LogP contribution in [0.25, 0.3) is 0 Å². The van der Waals surface area contributed by atoms with Gasteiger partial charge in [-0.1, -0.05) is 20.8 Å². The molecule has 0 aromatic heterocycles. The maximum Gasteiger partial charge on any atom is 0.340 e. The van der Waals surface area contributed by atoms with E-state index in [1.165, 1.54) is 18.2 Å². The Morgan fingerprint density at radius 3 is 1.03 bits per heavy atom. The minimum atomic E-state index is -0.798. The van der Waals surface area contributed by atoms with E-state index >= 15 is 0 Å². The van der Waals surface area contributed by atoms with Gasteiger partial charge in [-0.15, -0.1) is 0 Å². The molecule has 1 aromatic carbocycles. The molecule has 9 heteroatoms. The summed E-state index contributed by atoms with van der Waals surface area (Å²) in [6, 6.07) is 3.87. The van der Waals surface area contributed by atoms with Crippen molar-refractivity contribution in [2.75, 3.05) is 19.8 Å². The third-order valence-corrected chi connectivity index (χ3v) is 4.13. The molecule has 0 bridgehead atoms. The van der Waals surface area contributed by atoms with Gasteiger partial charge in [0.05, 0.1) is 36.5 Å². The minimum absolute atomic E-state index is 0.0207. The maximum absolute atomic E-state index is 12.6. The Morgan fingerprint density at radius 1 is 0.576 bits per heavy atom. The zero-order valence-corrected chi connectivity index (χ0v) is 20.4. The summed E-state index contributed by atoms with van der Waals surface area (Å²) in [6.07, 6.45) is -0.114. The number of hydrogen-bond acceptors (Lipinski definition) is 9. The Kier molecular flexibility index (Phi) is 13.3. The van der Waals surface area contributed by atoms with E-state index in [0.717, 1.165) is 19.3 Å². The first-order valence-corrected chi connectivity index (χ1v) is 11.3. The lowest BCUT2D eigenvalue weighted by Gasteiger charge is -2.17. The summed E-state index contributed by atoms with van der Waals surface area (Å²) in [6.45, 7) is 11.8. The van der Waals surface area contributed by atoms with Crippen LogP contribution >= 0.6 is 0 Å². The van der Waals surface area contributed by atoms with Gasteiger partial charge in [-0.3, -0.25) is 0 Å². The number of carbonyl (C=O) groups is 3. The monoisotopic (exact) mass is 468 g/mol. The van der Waals surface area contributed by atoms with Crippen molar-refractivity contribution in [2.45, 2.75) is 79.7 Å². The molecule has 33 heavy (non-hydrogen) atoms. The molecule has 1 rings (SSSR count). The molecule has 0 fully saturated rings. The van der Waals surface area contributed by atoms with E-state index in [1.807, 2.05) is 20.8 Å². The zero-order valence-electron chi connectivity index (χ0n) is 20.4. The Balaban J connectivity index is 3.12. The van der Waals surface area contributed by atoms with Crippen LogP contribution in [0.2, 0.25) is 0 Å². The van der Waals surface area contributed by atoms with E-state index in [0.29, 0.717) is 19.8 Å². The molecule has 0 N–H and O–H groups in total. The summed E-state index contributed by atoms with van der Waals surface area (Å²) in [4.78, 5) is 37.9. The van der Waals surface area contributed by atoms with Gasteiger partial charge in [0.25, 0.3) is 0 Å². The van der Waals surface area contributed by atoms with Crippen LogP contribution in [0.15, 0.2) is 18.2 Å². The fourth-order valence-corrected chi connectivity index (χ4v) is 2.59. The van der Waals surface area contributed by atoms with Gasteiger partial charge in [0.2, 0.25) is 0 Å². The van der Waals surface area contributed by atoms with E-state index < -0.39 is 36.8 Å². The van der Waals surface area contributed by atoms with Crippen molar-refractivity contribution < 1.29 is 42.8 Å². The van der Waals surface area contributed by atoms with Gasteiger partial charge < -0.3 is 28.4 Å². The predicted molar refractivity (Wildman–Crippen MR) is 120 cm³/mol. The molecule has 0 radical (unpaired) electrons. The molecule has 0 amide bonds. The van der Waals surface area contributed by atoms with Gasteiger partial charge in [0, 0.05) is 0 Å². The summed E-state index contributed by atoms with van der Waals surface area (Å²) in [5.74, 6) is -2.27. The fourth-order valence-electron chi connectivity index (χ4n) is 2.59. The van der Waals surface area contributed by atoms with Crippen molar-refractivity contribution >= 4 is 17.9 Å². The Hall–Kier alpha value is -2.49. The normalized spacial score (nSPS) is 13.6. The van der Waals surface area contributed by atoms with Gasteiger partial charge in [-0.2, -0.15) is 0 Å². The molecular weight excluding hydrogens is 432 g/mol. The Bertz CT molecular complexity index is 650. The van der Waals surface area contributed by atoms with E-state index in [-0.39, 0.29) is 16.7 Å². The number of carbonyl (C=O) groups excluding carboxylic acids is 3. The van der Waals surface area contributed by atoms with Gasteiger partial charge in [-0.05, 0) is 58.2 Å².